The minimum Gasteiger partial charge on any atom is -0.307 e. The van der Waals surface area contributed by atoms with Crippen molar-refractivity contribution in [2.24, 2.45) is 0 Å². The predicted octanol–water partition coefficient (Wildman–Crippen LogP) is 0.605. The minimum atomic E-state index is -0.353. The Balaban J connectivity index is 2.77. The number of anilines is 1. The molecule has 1 rings (SSSR count). The minimum absolute atomic E-state index is 0.230. The van der Waals surface area contributed by atoms with E-state index in [0.717, 1.165) is 0 Å². The quantitative estimate of drug-likeness (QED) is 0.728. The SMILES string of the molecule is C=C(C)C(=O)Nc1cc(=O)n(CCC#N)[nH]1. The molecule has 6 heteroatoms. The molecule has 0 atom stereocenters. The zero-order valence-corrected chi connectivity index (χ0v) is 8.91. The van der Waals surface area contributed by atoms with Crippen LogP contribution in [0.4, 0.5) is 5.82 Å². The van der Waals surface area contributed by atoms with Crippen molar-refractivity contribution >= 4 is 11.7 Å². The van der Waals surface area contributed by atoms with E-state index in [4.69, 9.17) is 5.26 Å². The van der Waals surface area contributed by atoms with Crippen LogP contribution in [0.1, 0.15) is 13.3 Å². The van der Waals surface area contributed by atoms with Gasteiger partial charge in [-0.2, -0.15) is 5.26 Å². The molecule has 1 aromatic heterocycles. The Morgan fingerprint density at radius 3 is 3.00 bits per heavy atom. The van der Waals surface area contributed by atoms with Gasteiger partial charge in [0.2, 0.25) is 0 Å². The highest BCUT2D eigenvalue weighted by Gasteiger charge is 2.06. The van der Waals surface area contributed by atoms with Crippen molar-refractivity contribution in [3.63, 3.8) is 0 Å². The highest BCUT2D eigenvalue weighted by atomic mass is 16.2. The van der Waals surface area contributed by atoms with E-state index in [1.54, 1.807) is 6.92 Å². The van der Waals surface area contributed by atoms with Crippen molar-refractivity contribution in [3.8, 4) is 6.07 Å². The van der Waals surface area contributed by atoms with Gasteiger partial charge in [-0.25, -0.2) is 0 Å². The van der Waals surface area contributed by atoms with Crippen molar-refractivity contribution in [1.82, 2.24) is 9.78 Å². The molecule has 0 saturated heterocycles. The third-order valence-corrected chi connectivity index (χ3v) is 1.87. The highest BCUT2D eigenvalue weighted by molar-refractivity contribution is 6.02. The van der Waals surface area contributed by atoms with Crippen LogP contribution in [0.3, 0.4) is 0 Å². The van der Waals surface area contributed by atoms with Crippen LogP contribution in [0.15, 0.2) is 23.0 Å². The van der Waals surface area contributed by atoms with E-state index in [9.17, 15) is 9.59 Å². The lowest BCUT2D eigenvalue weighted by molar-refractivity contribution is -0.112. The maximum Gasteiger partial charge on any atom is 0.268 e. The first kappa shape index (κ1) is 11.8. The van der Waals surface area contributed by atoms with Gasteiger partial charge in [0.25, 0.3) is 11.5 Å². The average molecular weight is 220 g/mol. The fourth-order valence-corrected chi connectivity index (χ4v) is 1.06. The van der Waals surface area contributed by atoms with E-state index in [1.807, 2.05) is 6.07 Å². The fourth-order valence-electron chi connectivity index (χ4n) is 1.06. The number of aromatic amines is 1. The largest absolute Gasteiger partial charge is 0.307 e. The summed E-state index contributed by atoms with van der Waals surface area (Å²) in [5, 5.41) is 13.5. The second-order valence-corrected chi connectivity index (χ2v) is 3.30. The summed E-state index contributed by atoms with van der Waals surface area (Å²) in [5.74, 6) is -0.0513. The maximum atomic E-state index is 11.3. The smallest absolute Gasteiger partial charge is 0.268 e. The lowest BCUT2D eigenvalue weighted by Crippen LogP contribution is -2.15. The van der Waals surface area contributed by atoms with Gasteiger partial charge >= 0.3 is 0 Å². The highest BCUT2D eigenvalue weighted by Crippen LogP contribution is 2.00. The Bertz CT molecular complexity index is 504. The van der Waals surface area contributed by atoms with Crippen molar-refractivity contribution in [1.29, 1.82) is 5.26 Å². The Hall–Kier alpha value is -2.29. The number of nitrogens with one attached hydrogen (secondary N) is 2. The van der Waals surface area contributed by atoms with Crippen LogP contribution in [-0.2, 0) is 11.3 Å². The summed E-state index contributed by atoms with van der Waals surface area (Å²) < 4.78 is 1.26. The van der Waals surface area contributed by atoms with Gasteiger partial charge in [-0.05, 0) is 6.92 Å². The van der Waals surface area contributed by atoms with Crippen LogP contribution in [-0.4, -0.2) is 15.7 Å². The summed E-state index contributed by atoms with van der Waals surface area (Å²) in [6.07, 6.45) is 0.230. The van der Waals surface area contributed by atoms with Gasteiger partial charge in [0.1, 0.15) is 5.82 Å². The molecule has 1 aromatic rings. The van der Waals surface area contributed by atoms with Gasteiger partial charge in [0, 0.05) is 11.6 Å². The molecule has 0 aromatic carbocycles. The summed E-state index contributed by atoms with van der Waals surface area (Å²) in [6, 6.07) is 3.19. The number of aromatic nitrogens is 2. The Morgan fingerprint density at radius 1 is 1.75 bits per heavy atom. The molecule has 1 heterocycles. The lowest BCUT2D eigenvalue weighted by Gasteiger charge is -2.01. The van der Waals surface area contributed by atoms with E-state index < -0.39 is 0 Å². The fraction of sp³-hybridized carbons (Fsp3) is 0.300. The number of carbonyl (C=O) groups is 1. The molecule has 0 aliphatic rings. The topological polar surface area (TPSA) is 90.7 Å². The molecule has 0 aliphatic heterocycles. The first-order valence-electron chi connectivity index (χ1n) is 4.68. The van der Waals surface area contributed by atoms with E-state index in [0.29, 0.717) is 11.4 Å². The first-order valence-corrected chi connectivity index (χ1v) is 4.68. The van der Waals surface area contributed by atoms with Gasteiger partial charge in [-0.3, -0.25) is 19.4 Å². The Labute approximate surface area is 92.2 Å². The molecular weight excluding hydrogens is 208 g/mol. The molecule has 2 N–H and O–H groups in total. The van der Waals surface area contributed by atoms with Crippen molar-refractivity contribution in [2.45, 2.75) is 19.9 Å². The van der Waals surface area contributed by atoms with E-state index in [-0.39, 0.29) is 24.4 Å². The summed E-state index contributed by atoms with van der Waals surface area (Å²) in [6.45, 7) is 5.32. The molecular formula is C10H12N4O2. The number of hydrogen-bond acceptors (Lipinski definition) is 3. The lowest BCUT2D eigenvalue weighted by atomic mass is 10.3. The number of rotatable bonds is 4. The predicted molar refractivity (Wildman–Crippen MR) is 58.7 cm³/mol. The van der Waals surface area contributed by atoms with Gasteiger partial charge in [-0.15, -0.1) is 0 Å². The van der Waals surface area contributed by atoms with E-state index >= 15 is 0 Å². The van der Waals surface area contributed by atoms with Crippen molar-refractivity contribution in [3.05, 3.63) is 28.6 Å². The normalized spacial score (nSPS) is 9.50. The van der Waals surface area contributed by atoms with E-state index in [1.165, 1.54) is 10.7 Å². The molecule has 0 fully saturated rings. The van der Waals surface area contributed by atoms with E-state index in [2.05, 4.69) is 17.0 Å². The monoisotopic (exact) mass is 220 g/mol. The molecule has 0 bridgehead atoms. The first-order chi connectivity index (χ1) is 7.54. The number of amides is 1. The third kappa shape index (κ3) is 2.85. The molecule has 0 aliphatic carbocycles. The summed E-state index contributed by atoms with van der Waals surface area (Å²) in [4.78, 5) is 22.6. The van der Waals surface area contributed by atoms with Crippen LogP contribution in [0, 0.1) is 11.3 Å². The molecule has 6 nitrogen and oxygen atoms in total. The molecule has 0 spiro atoms. The second kappa shape index (κ2) is 4.98. The molecule has 1 amide bonds. The van der Waals surface area contributed by atoms with Crippen LogP contribution in [0.2, 0.25) is 0 Å². The number of H-pyrrole nitrogens is 1. The number of hydrogen-bond donors (Lipinski definition) is 2. The summed E-state index contributed by atoms with van der Waals surface area (Å²) >= 11 is 0. The van der Waals surface area contributed by atoms with Crippen molar-refractivity contribution in [2.75, 3.05) is 5.32 Å². The standard InChI is InChI=1S/C10H12N4O2/c1-7(2)10(16)12-8-6-9(15)14(13-8)5-3-4-11/h6,13H,1,3,5H2,2H3,(H,12,16). The van der Waals surface area contributed by atoms with Crippen LogP contribution in [0.5, 0.6) is 0 Å². The van der Waals surface area contributed by atoms with Crippen LogP contribution < -0.4 is 10.9 Å². The number of nitriles is 1. The maximum absolute atomic E-state index is 11.3. The Morgan fingerprint density at radius 2 is 2.44 bits per heavy atom. The summed E-state index contributed by atoms with van der Waals surface area (Å²) in [5.41, 5.74) is 0.0675. The molecule has 0 saturated carbocycles. The zero-order chi connectivity index (χ0) is 12.1. The van der Waals surface area contributed by atoms with Crippen molar-refractivity contribution < 1.29 is 4.79 Å². The Kier molecular flexibility index (Phi) is 3.67. The third-order valence-electron chi connectivity index (χ3n) is 1.87. The number of nitrogens with zero attached hydrogens (tertiary/aromatic N) is 2. The molecule has 0 unspecified atom stereocenters. The van der Waals surface area contributed by atoms with Gasteiger partial charge in [-0.1, -0.05) is 6.58 Å². The number of aryl methyl sites for hydroxylation is 1. The summed E-state index contributed by atoms with van der Waals surface area (Å²) in [7, 11) is 0. The van der Waals surface area contributed by atoms with Crippen LogP contribution >= 0.6 is 0 Å². The van der Waals surface area contributed by atoms with Crippen LogP contribution in [0.25, 0.3) is 0 Å². The molecule has 0 radical (unpaired) electrons. The second-order valence-electron chi connectivity index (χ2n) is 3.30. The average Bonchev–Trinajstić information content (AvgIpc) is 2.55. The van der Waals surface area contributed by atoms with Gasteiger partial charge < -0.3 is 5.32 Å². The molecule has 16 heavy (non-hydrogen) atoms. The van der Waals surface area contributed by atoms with Gasteiger partial charge in [0.15, 0.2) is 0 Å². The molecule has 84 valence electrons. The zero-order valence-electron chi connectivity index (χ0n) is 8.91. The van der Waals surface area contributed by atoms with Gasteiger partial charge in [0.05, 0.1) is 19.0 Å². The number of carbonyl (C=O) groups excluding carboxylic acids is 1.